The minimum Gasteiger partial charge on any atom is -0.393 e. The van der Waals surface area contributed by atoms with Gasteiger partial charge in [-0.2, -0.15) is 5.10 Å². The van der Waals surface area contributed by atoms with Crippen LogP contribution >= 0.6 is 0 Å². The van der Waals surface area contributed by atoms with Crippen LogP contribution in [0.15, 0.2) is 30.3 Å². The summed E-state index contributed by atoms with van der Waals surface area (Å²) in [5.74, 6) is 0.00735. The van der Waals surface area contributed by atoms with E-state index in [-0.39, 0.29) is 23.7 Å². The monoisotopic (exact) mass is 369 g/mol. The highest BCUT2D eigenvalue weighted by Gasteiger charge is 2.52. The number of aliphatic hydroxyl groups excluding tert-OH is 1. The molecule has 1 saturated heterocycles. The van der Waals surface area contributed by atoms with E-state index >= 15 is 0 Å². The number of rotatable bonds is 3. The lowest BCUT2D eigenvalue weighted by Crippen LogP contribution is -2.52. The predicted octanol–water partition coefficient (Wildman–Crippen LogP) is 2.63. The molecule has 2 aliphatic rings. The van der Waals surface area contributed by atoms with Crippen molar-refractivity contribution in [3.8, 4) is 5.69 Å². The smallest absolute Gasteiger partial charge is 0.254 e. The molecule has 1 saturated carbocycles. The van der Waals surface area contributed by atoms with E-state index in [4.69, 9.17) is 4.74 Å². The van der Waals surface area contributed by atoms with Crippen molar-refractivity contribution >= 4 is 5.91 Å². The van der Waals surface area contributed by atoms with Crippen LogP contribution in [-0.4, -0.2) is 57.1 Å². The number of ether oxygens (including phenoxy) is 1. The molecule has 6 nitrogen and oxygen atoms in total. The van der Waals surface area contributed by atoms with Gasteiger partial charge in [0.2, 0.25) is 0 Å². The third-order valence-electron chi connectivity index (χ3n) is 6.19. The lowest BCUT2D eigenvalue weighted by Gasteiger charge is -2.42. The highest BCUT2D eigenvalue weighted by molar-refractivity contribution is 5.95. The molecule has 0 bridgehead atoms. The zero-order chi connectivity index (χ0) is 19.2. The highest BCUT2D eigenvalue weighted by atomic mass is 16.5. The van der Waals surface area contributed by atoms with Crippen molar-refractivity contribution in [1.82, 2.24) is 14.7 Å². The minimum absolute atomic E-state index is 0.00735. The van der Waals surface area contributed by atoms with Crippen LogP contribution in [0.5, 0.6) is 0 Å². The Kier molecular flexibility index (Phi) is 4.56. The number of carbonyl (C=O) groups excluding carboxylic acids is 1. The summed E-state index contributed by atoms with van der Waals surface area (Å²) in [4.78, 5) is 15.0. The fourth-order valence-corrected chi connectivity index (χ4v) is 4.72. The van der Waals surface area contributed by atoms with Gasteiger partial charge in [-0.25, -0.2) is 4.68 Å². The van der Waals surface area contributed by atoms with Crippen molar-refractivity contribution in [3.63, 3.8) is 0 Å². The Morgan fingerprint density at radius 1 is 1.26 bits per heavy atom. The Hall–Kier alpha value is -2.18. The maximum absolute atomic E-state index is 13.2. The number of aliphatic hydroxyl groups is 1. The second-order valence-corrected chi connectivity index (χ2v) is 7.85. The number of amides is 1. The Morgan fingerprint density at radius 2 is 2.00 bits per heavy atom. The second-order valence-electron chi connectivity index (χ2n) is 7.85. The molecule has 1 aliphatic carbocycles. The first-order valence-corrected chi connectivity index (χ1v) is 9.61. The van der Waals surface area contributed by atoms with E-state index in [0.717, 1.165) is 36.3 Å². The summed E-state index contributed by atoms with van der Waals surface area (Å²) in [7, 11) is 1.72. The van der Waals surface area contributed by atoms with Gasteiger partial charge in [0.1, 0.15) is 0 Å². The summed E-state index contributed by atoms with van der Waals surface area (Å²) in [6.07, 6.45) is 2.60. The van der Waals surface area contributed by atoms with Crippen molar-refractivity contribution in [2.24, 2.45) is 0 Å². The van der Waals surface area contributed by atoms with Crippen LogP contribution in [0, 0.1) is 13.8 Å². The quantitative estimate of drug-likeness (QED) is 0.903. The molecule has 1 aromatic carbocycles. The number of hydrogen-bond donors (Lipinski definition) is 1. The molecule has 0 unspecified atom stereocenters. The van der Waals surface area contributed by atoms with Gasteiger partial charge in [0.25, 0.3) is 5.91 Å². The summed E-state index contributed by atoms with van der Waals surface area (Å²) in [6, 6.07) is 9.56. The molecule has 1 N–H and O–H groups in total. The molecule has 4 rings (SSSR count). The molecule has 0 spiro atoms. The van der Waals surface area contributed by atoms with Crippen LogP contribution < -0.4 is 0 Å². The number of nitrogens with zero attached hydrogens (tertiary/aromatic N) is 3. The van der Waals surface area contributed by atoms with E-state index in [1.165, 1.54) is 0 Å². The van der Waals surface area contributed by atoms with Crippen molar-refractivity contribution < 1.29 is 14.6 Å². The lowest BCUT2D eigenvalue weighted by molar-refractivity contribution is -0.0824. The summed E-state index contributed by atoms with van der Waals surface area (Å²) in [6.45, 7) is 4.65. The Morgan fingerprint density at radius 3 is 2.63 bits per heavy atom. The number of carbonyl (C=O) groups is 1. The van der Waals surface area contributed by atoms with Crippen molar-refractivity contribution in [2.45, 2.75) is 57.3 Å². The van der Waals surface area contributed by atoms with Crippen LogP contribution in [0.25, 0.3) is 5.69 Å². The maximum Gasteiger partial charge on any atom is 0.254 e. The topological polar surface area (TPSA) is 67.6 Å². The van der Waals surface area contributed by atoms with E-state index in [2.05, 4.69) is 5.10 Å². The first-order valence-electron chi connectivity index (χ1n) is 9.61. The van der Waals surface area contributed by atoms with Gasteiger partial charge in [0, 0.05) is 24.9 Å². The summed E-state index contributed by atoms with van der Waals surface area (Å²) >= 11 is 0. The molecule has 27 heavy (non-hydrogen) atoms. The van der Waals surface area contributed by atoms with Crippen molar-refractivity contribution in [2.75, 3.05) is 13.7 Å². The van der Waals surface area contributed by atoms with E-state index in [1.807, 2.05) is 53.8 Å². The van der Waals surface area contributed by atoms with Crippen LogP contribution in [0.1, 0.15) is 47.4 Å². The maximum atomic E-state index is 13.2. The number of likely N-dealkylation sites (tertiary alicyclic amines) is 1. The van der Waals surface area contributed by atoms with E-state index in [0.29, 0.717) is 18.5 Å². The first kappa shape index (κ1) is 18.2. The van der Waals surface area contributed by atoms with Gasteiger partial charge < -0.3 is 14.7 Å². The normalized spacial score (nSPS) is 27.6. The number of methoxy groups -OCH3 is 1. The lowest BCUT2D eigenvalue weighted by atomic mass is 9.79. The highest BCUT2D eigenvalue weighted by Crippen LogP contribution is 2.42. The number of hydrogen-bond acceptors (Lipinski definition) is 4. The molecule has 1 aromatic heterocycles. The van der Waals surface area contributed by atoms with E-state index in [1.54, 1.807) is 7.11 Å². The van der Waals surface area contributed by atoms with Crippen LogP contribution in [0.2, 0.25) is 0 Å². The average molecular weight is 369 g/mol. The minimum atomic E-state index is -0.361. The van der Waals surface area contributed by atoms with E-state index in [9.17, 15) is 9.90 Å². The summed E-state index contributed by atoms with van der Waals surface area (Å²) < 4.78 is 7.72. The van der Waals surface area contributed by atoms with Gasteiger partial charge in [-0.05, 0) is 69.9 Å². The Labute approximate surface area is 159 Å². The van der Waals surface area contributed by atoms with Gasteiger partial charge in [-0.15, -0.1) is 0 Å². The predicted molar refractivity (Wildman–Crippen MR) is 102 cm³/mol. The number of aromatic nitrogens is 2. The fourth-order valence-electron chi connectivity index (χ4n) is 4.72. The van der Waals surface area contributed by atoms with Gasteiger partial charge in [0.05, 0.1) is 29.1 Å². The molecule has 2 fully saturated rings. The van der Waals surface area contributed by atoms with Gasteiger partial charge in [0.15, 0.2) is 0 Å². The standard InChI is InChI=1S/C21H27N3O3/c1-14-12-15(2)24(22-14)17-6-4-16(5-7-17)20(26)23-11-10-21(27-3)9-8-18(25)13-19(21)23/h4-7,12,18-19,25H,8-11,13H2,1-3H3/t18-,19+,21-/m1/s1. The summed E-state index contributed by atoms with van der Waals surface area (Å²) in [5, 5.41) is 14.6. The van der Waals surface area contributed by atoms with Gasteiger partial charge in [-0.3, -0.25) is 4.79 Å². The van der Waals surface area contributed by atoms with Crippen LogP contribution in [0.4, 0.5) is 0 Å². The number of aryl methyl sites for hydroxylation is 2. The molecular formula is C21H27N3O3. The SMILES string of the molecule is CO[C@@]12CC[C@@H](O)C[C@@H]1N(C(=O)c1ccc(-n3nc(C)cc3C)cc1)CC2. The second kappa shape index (κ2) is 6.77. The molecule has 1 amide bonds. The molecule has 2 aromatic rings. The van der Waals surface area contributed by atoms with Gasteiger partial charge >= 0.3 is 0 Å². The zero-order valence-corrected chi connectivity index (χ0v) is 16.2. The first-order chi connectivity index (χ1) is 12.9. The fraction of sp³-hybridized carbons (Fsp3) is 0.524. The molecular weight excluding hydrogens is 342 g/mol. The zero-order valence-electron chi connectivity index (χ0n) is 16.2. The van der Waals surface area contributed by atoms with Crippen molar-refractivity contribution in [1.29, 1.82) is 0 Å². The Balaban J connectivity index is 1.57. The van der Waals surface area contributed by atoms with E-state index < -0.39 is 0 Å². The molecule has 2 heterocycles. The largest absolute Gasteiger partial charge is 0.393 e. The molecule has 144 valence electrons. The third-order valence-corrected chi connectivity index (χ3v) is 6.19. The molecule has 0 radical (unpaired) electrons. The average Bonchev–Trinajstić information content (AvgIpc) is 3.21. The van der Waals surface area contributed by atoms with Crippen LogP contribution in [-0.2, 0) is 4.74 Å². The van der Waals surface area contributed by atoms with Gasteiger partial charge in [-0.1, -0.05) is 0 Å². The number of fused-ring (bicyclic) bond motifs is 1. The van der Waals surface area contributed by atoms with Crippen molar-refractivity contribution in [3.05, 3.63) is 47.3 Å². The molecule has 3 atom stereocenters. The Bertz CT molecular complexity index is 845. The summed E-state index contributed by atoms with van der Waals surface area (Å²) in [5.41, 5.74) is 3.33. The van der Waals surface area contributed by atoms with Crippen LogP contribution in [0.3, 0.4) is 0 Å². The number of benzene rings is 1. The third kappa shape index (κ3) is 3.07. The molecule has 6 heteroatoms. The molecule has 1 aliphatic heterocycles.